The molecule has 6 heteroatoms. The molecule has 1 saturated carbocycles. The van der Waals surface area contributed by atoms with E-state index in [0.717, 1.165) is 45.1 Å². The van der Waals surface area contributed by atoms with Crippen molar-refractivity contribution in [3.63, 3.8) is 0 Å². The first-order chi connectivity index (χ1) is 11.6. The molecule has 2 aliphatic rings. The van der Waals surface area contributed by atoms with Crippen molar-refractivity contribution in [2.24, 2.45) is 7.05 Å². The molecule has 3 rings (SSSR count). The lowest BCUT2D eigenvalue weighted by atomic mass is 9.81. The zero-order valence-electron chi connectivity index (χ0n) is 14.7. The van der Waals surface area contributed by atoms with Crippen LogP contribution in [-0.4, -0.2) is 51.2 Å². The summed E-state index contributed by atoms with van der Waals surface area (Å²) in [6.07, 6.45) is 10.9. The van der Waals surface area contributed by atoms with Gasteiger partial charge in [0.1, 0.15) is 5.54 Å². The minimum atomic E-state index is -0.598. The molecule has 0 N–H and O–H groups in total. The average molecular weight is 329 g/mol. The van der Waals surface area contributed by atoms with Crippen molar-refractivity contribution in [2.45, 2.75) is 56.5 Å². The second kappa shape index (κ2) is 6.94. The van der Waals surface area contributed by atoms with E-state index in [1.165, 1.54) is 12.0 Å². The summed E-state index contributed by atoms with van der Waals surface area (Å²) in [7, 11) is 3.73. The van der Waals surface area contributed by atoms with Crippen LogP contribution in [0, 0.1) is 11.3 Å². The molecular weight excluding hydrogens is 302 g/mol. The average Bonchev–Trinajstić information content (AvgIpc) is 3.23. The van der Waals surface area contributed by atoms with E-state index >= 15 is 0 Å². The molecule has 1 aromatic rings. The van der Waals surface area contributed by atoms with Gasteiger partial charge in [-0.05, 0) is 32.2 Å². The van der Waals surface area contributed by atoms with Crippen LogP contribution in [0.5, 0.6) is 0 Å². The summed E-state index contributed by atoms with van der Waals surface area (Å²) in [5.41, 5.74) is 0.580. The maximum atomic E-state index is 12.9. The Labute approximate surface area is 144 Å². The molecule has 1 atom stereocenters. The summed E-state index contributed by atoms with van der Waals surface area (Å²) in [5, 5.41) is 13.9. The van der Waals surface area contributed by atoms with Crippen LogP contribution in [0.25, 0.3) is 0 Å². The van der Waals surface area contributed by atoms with Gasteiger partial charge in [0.2, 0.25) is 5.91 Å². The summed E-state index contributed by atoms with van der Waals surface area (Å²) >= 11 is 0. The molecule has 0 bridgehead atoms. The number of carbonyl (C=O) groups excluding carboxylic acids is 1. The molecule has 1 aromatic heterocycles. The van der Waals surface area contributed by atoms with Crippen molar-refractivity contribution in [1.82, 2.24) is 19.6 Å². The van der Waals surface area contributed by atoms with Gasteiger partial charge in [0.25, 0.3) is 0 Å². The van der Waals surface area contributed by atoms with Crippen LogP contribution in [0.1, 0.15) is 56.6 Å². The first-order valence-corrected chi connectivity index (χ1v) is 8.96. The van der Waals surface area contributed by atoms with Crippen molar-refractivity contribution in [2.75, 3.05) is 20.1 Å². The fourth-order valence-corrected chi connectivity index (χ4v) is 4.18. The van der Waals surface area contributed by atoms with Gasteiger partial charge in [-0.2, -0.15) is 10.4 Å². The third-order valence-corrected chi connectivity index (χ3v) is 5.72. The molecule has 1 saturated heterocycles. The Morgan fingerprint density at radius 3 is 2.79 bits per heavy atom. The highest BCUT2D eigenvalue weighted by Gasteiger charge is 2.40. The van der Waals surface area contributed by atoms with Gasteiger partial charge in [0, 0.05) is 31.9 Å². The van der Waals surface area contributed by atoms with Gasteiger partial charge < -0.3 is 4.90 Å². The van der Waals surface area contributed by atoms with E-state index < -0.39 is 5.54 Å². The summed E-state index contributed by atoms with van der Waals surface area (Å²) < 4.78 is 1.81. The molecule has 1 aliphatic heterocycles. The van der Waals surface area contributed by atoms with E-state index in [4.69, 9.17) is 0 Å². The quantitative estimate of drug-likeness (QED) is 0.850. The fraction of sp³-hybridized carbons (Fsp3) is 0.722. The summed E-state index contributed by atoms with van der Waals surface area (Å²) in [6.45, 7) is 1.32. The number of likely N-dealkylation sites (tertiary alicyclic amines) is 1. The van der Waals surface area contributed by atoms with Crippen LogP contribution in [-0.2, 0) is 11.8 Å². The highest BCUT2D eigenvalue weighted by Crippen LogP contribution is 2.34. The van der Waals surface area contributed by atoms with Crippen molar-refractivity contribution in [3.05, 3.63) is 18.0 Å². The SMILES string of the molecule is CN(C(=O)CN1CCCC1c1cnn(C)c1)C1(C#N)CCCCC1. The molecule has 1 amide bonds. The molecule has 0 radical (unpaired) electrons. The Kier molecular flexibility index (Phi) is 4.91. The number of amides is 1. The van der Waals surface area contributed by atoms with Crippen molar-refractivity contribution >= 4 is 5.91 Å². The predicted octanol–water partition coefficient (Wildman–Crippen LogP) is 2.24. The Morgan fingerprint density at radius 1 is 1.42 bits per heavy atom. The third-order valence-electron chi connectivity index (χ3n) is 5.72. The largest absolute Gasteiger partial charge is 0.326 e. The number of hydrogen-bond acceptors (Lipinski definition) is 4. The van der Waals surface area contributed by atoms with Crippen LogP contribution in [0.3, 0.4) is 0 Å². The van der Waals surface area contributed by atoms with Gasteiger partial charge in [-0.25, -0.2) is 0 Å². The first kappa shape index (κ1) is 17.0. The molecule has 0 aromatic carbocycles. The zero-order chi connectivity index (χ0) is 17.2. The molecule has 6 nitrogen and oxygen atoms in total. The second-order valence-corrected chi connectivity index (χ2v) is 7.23. The maximum Gasteiger partial charge on any atom is 0.237 e. The van der Waals surface area contributed by atoms with Crippen LogP contribution >= 0.6 is 0 Å². The Hall–Kier alpha value is -1.87. The van der Waals surface area contributed by atoms with E-state index in [1.54, 1.807) is 4.90 Å². The minimum Gasteiger partial charge on any atom is -0.326 e. The molecule has 130 valence electrons. The molecule has 0 spiro atoms. The summed E-state index contributed by atoms with van der Waals surface area (Å²) in [4.78, 5) is 16.8. The van der Waals surface area contributed by atoms with Crippen molar-refractivity contribution in [1.29, 1.82) is 5.26 Å². The Balaban J connectivity index is 1.68. The molecule has 24 heavy (non-hydrogen) atoms. The predicted molar refractivity (Wildman–Crippen MR) is 91.0 cm³/mol. The Bertz CT molecular complexity index is 626. The molecule has 2 fully saturated rings. The number of carbonyl (C=O) groups is 1. The van der Waals surface area contributed by atoms with Crippen LogP contribution in [0.2, 0.25) is 0 Å². The van der Waals surface area contributed by atoms with Crippen molar-refractivity contribution in [3.8, 4) is 6.07 Å². The number of aromatic nitrogens is 2. The van der Waals surface area contributed by atoms with E-state index in [1.807, 2.05) is 31.2 Å². The summed E-state index contributed by atoms with van der Waals surface area (Å²) in [5.74, 6) is 0.0641. The van der Waals surface area contributed by atoms with Crippen LogP contribution in [0.4, 0.5) is 0 Å². The van der Waals surface area contributed by atoms with Crippen LogP contribution < -0.4 is 0 Å². The third kappa shape index (κ3) is 3.18. The molecule has 1 aliphatic carbocycles. The number of nitrogens with zero attached hydrogens (tertiary/aromatic N) is 5. The summed E-state index contributed by atoms with van der Waals surface area (Å²) in [6, 6.07) is 2.71. The van der Waals surface area contributed by atoms with Gasteiger partial charge in [-0.1, -0.05) is 19.3 Å². The number of likely N-dealkylation sites (N-methyl/N-ethyl adjacent to an activating group) is 1. The smallest absolute Gasteiger partial charge is 0.237 e. The van der Waals surface area contributed by atoms with Gasteiger partial charge in [-0.3, -0.25) is 14.4 Å². The lowest BCUT2D eigenvalue weighted by Crippen LogP contribution is -2.52. The highest BCUT2D eigenvalue weighted by molar-refractivity contribution is 5.79. The molecule has 2 heterocycles. The number of nitriles is 1. The zero-order valence-corrected chi connectivity index (χ0v) is 14.7. The lowest BCUT2D eigenvalue weighted by Gasteiger charge is -2.40. The van der Waals surface area contributed by atoms with E-state index in [-0.39, 0.29) is 11.9 Å². The Morgan fingerprint density at radius 2 is 2.17 bits per heavy atom. The molecular formula is C18H27N5O. The molecule has 1 unspecified atom stereocenters. The van der Waals surface area contributed by atoms with Gasteiger partial charge in [-0.15, -0.1) is 0 Å². The fourth-order valence-electron chi connectivity index (χ4n) is 4.18. The normalized spacial score (nSPS) is 23.8. The van der Waals surface area contributed by atoms with Gasteiger partial charge in [0.15, 0.2) is 0 Å². The number of hydrogen-bond donors (Lipinski definition) is 0. The second-order valence-electron chi connectivity index (χ2n) is 7.23. The van der Waals surface area contributed by atoms with E-state index in [0.29, 0.717) is 6.54 Å². The maximum absolute atomic E-state index is 12.9. The highest BCUT2D eigenvalue weighted by atomic mass is 16.2. The monoisotopic (exact) mass is 329 g/mol. The lowest BCUT2D eigenvalue weighted by molar-refractivity contribution is -0.136. The van der Waals surface area contributed by atoms with Gasteiger partial charge >= 0.3 is 0 Å². The van der Waals surface area contributed by atoms with Crippen LogP contribution in [0.15, 0.2) is 12.4 Å². The van der Waals surface area contributed by atoms with E-state index in [2.05, 4.69) is 16.1 Å². The topological polar surface area (TPSA) is 65.2 Å². The van der Waals surface area contributed by atoms with Crippen molar-refractivity contribution < 1.29 is 4.79 Å². The minimum absolute atomic E-state index is 0.0641. The van der Waals surface area contributed by atoms with Gasteiger partial charge in [0.05, 0.1) is 18.8 Å². The standard InChI is InChI=1S/C18H27N5O/c1-21-12-15(11-20-21)16-7-6-10-23(16)13-17(24)22(2)18(14-19)8-4-3-5-9-18/h11-12,16H,3-10,13H2,1-2H3. The number of rotatable bonds is 4. The first-order valence-electron chi connectivity index (χ1n) is 8.96. The van der Waals surface area contributed by atoms with E-state index in [9.17, 15) is 10.1 Å². The number of aryl methyl sites for hydroxylation is 1.